The molecule has 2 amide bonds. The van der Waals surface area contributed by atoms with E-state index >= 15 is 0 Å². The molecule has 0 saturated carbocycles. The molecule has 10 nitrogen and oxygen atoms in total. The number of carbonyl (C=O) groups excluding carboxylic acids is 2. The van der Waals surface area contributed by atoms with Gasteiger partial charge < -0.3 is 20.7 Å². The average Bonchev–Trinajstić information content (AvgIpc) is 2.82. The second kappa shape index (κ2) is 9.84. The summed E-state index contributed by atoms with van der Waals surface area (Å²) in [6.45, 7) is 0.106. The molecule has 6 N–H and O–H groups in total. The summed E-state index contributed by atoms with van der Waals surface area (Å²) in [5.41, 5.74) is 7.89. The SMILES string of the molecule is NON[C@@H](C(=O)Nc1ccc2c(N)nccc2c1)[C@H]1OCCN(c2ccc(C(F)(F)F)cc2)C1=O. The molecule has 0 bridgehead atoms. The molecular weight excluding hydrogens is 469 g/mol. The number of benzene rings is 2. The number of alkyl halides is 3. The highest BCUT2D eigenvalue weighted by Crippen LogP contribution is 2.31. The third-order valence-corrected chi connectivity index (χ3v) is 5.47. The van der Waals surface area contributed by atoms with E-state index in [4.69, 9.17) is 16.4 Å². The topological polar surface area (TPSA) is 145 Å². The first-order valence-corrected chi connectivity index (χ1v) is 10.4. The number of aromatic nitrogens is 1. The number of nitrogens with one attached hydrogen (secondary N) is 2. The van der Waals surface area contributed by atoms with Crippen LogP contribution in [0.15, 0.2) is 54.7 Å². The van der Waals surface area contributed by atoms with Crippen molar-refractivity contribution in [2.45, 2.75) is 18.3 Å². The van der Waals surface area contributed by atoms with Crippen LogP contribution in [-0.2, 0) is 25.4 Å². The van der Waals surface area contributed by atoms with Gasteiger partial charge in [-0.1, -0.05) is 0 Å². The number of nitrogens with zero attached hydrogens (tertiary/aromatic N) is 2. The van der Waals surface area contributed by atoms with E-state index < -0.39 is 35.7 Å². The summed E-state index contributed by atoms with van der Waals surface area (Å²) in [5.74, 6) is 4.10. The number of morpholine rings is 1. The highest BCUT2D eigenvalue weighted by atomic mass is 19.4. The van der Waals surface area contributed by atoms with Crippen molar-refractivity contribution in [3.63, 3.8) is 0 Å². The van der Waals surface area contributed by atoms with E-state index in [1.807, 2.05) is 0 Å². The van der Waals surface area contributed by atoms with Crippen molar-refractivity contribution in [2.24, 2.45) is 5.90 Å². The number of nitrogens with two attached hydrogens (primary N) is 2. The molecule has 2 aromatic carbocycles. The molecule has 2 heterocycles. The van der Waals surface area contributed by atoms with Crippen molar-refractivity contribution < 1.29 is 32.4 Å². The number of ether oxygens (including phenoxy) is 1. The van der Waals surface area contributed by atoms with Gasteiger partial charge in [0.05, 0.1) is 12.2 Å². The predicted octanol–water partition coefficient (Wildman–Crippen LogP) is 1.97. The van der Waals surface area contributed by atoms with Crippen molar-refractivity contribution in [1.29, 1.82) is 0 Å². The fraction of sp³-hybridized carbons (Fsp3) is 0.227. The molecule has 0 radical (unpaired) electrons. The Kier molecular flexibility index (Phi) is 6.84. The molecule has 1 fully saturated rings. The van der Waals surface area contributed by atoms with Crippen LogP contribution >= 0.6 is 0 Å². The lowest BCUT2D eigenvalue weighted by atomic mass is 10.1. The van der Waals surface area contributed by atoms with Crippen LogP contribution in [0.25, 0.3) is 10.8 Å². The molecule has 4 rings (SSSR count). The first kappa shape index (κ1) is 24.3. The van der Waals surface area contributed by atoms with Gasteiger partial charge in [0.25, 0.3) is 5.91 Å². The maximum atomic E-state index is 13.1. The summed E-state index contributed by atoms with van der Waals surface area (Å²) in [6.07, 6.45) is -4.35. The van der Waals surface area contributed by atoms with E-state index in [-0.39, 0.29) is 18.8 Å². The lowest BCUT2D eigenvalue weighted by Gasteiger charge is -2.35. The van der Waals surface area contributed by atoms with Crippen LogP contribution in [0.5, 0.6) is 0 Å². The van der Waals surface area contributed by atoms with E-state index in [9.17, 15) is 22.8 Å². The number of hydrogen-bond acceptors (Lipinski definition) is 8. The van der Waals surface area contributed by atoms with Gasteiger partial charge in [-0.2, -0.15) is 24.5 Å². The highest BCUT2D eigenvalue weighted by molar-refractivity contribution is 6.05. The monoisotopic (exact) mass is 490 g/mol. The van der Waals surface area contributed by atoms with Gasteiger partial charge in [-0.15, -0.1) is 0 Å². The number of fused-ring (bicyclic) bond motifs is 1. The number of hydroxylamine groups is 1. The summed E-state index contributed by atoms with van der Waals surface area (Å²) in [7, 11) is 0. The van der Waals surface area contributed by atoms with Crippen LogP contribution in [0.1, 0.15) is 5.56 Å². The summed E-state index contributed by atoms with van der Waals surface area (Å²) < 4.78 is 44.2. The zero-order valence-corrected chi connectivity index (χ0v) is 18.1. The quantitative estimate of drug-likeness (QED) is 0.384. The molecule has 35 heavy (non-hydrogen) atoms. The molecule has 0 spiro atoms. The number of carbonyl (C=O) groups is 2. The maximum Gasteiger partial charge on any atom is 0.416 e. The predicted molar refractivity (Wildman–Crippen MR) is 121 cm³/mol. The van der Waals surface area contributed by atoms with E-state index in [1.54, 1.807) is 24.3 Å². The molecular formula is C22H21F3N6O4. The number of nitrogen functional groups attached to an aromatic ring is 1. The Morgan fingerprint density at radius 1 is 1.20 bits per heavy atom. The number of halogens is 3. The standard InChI is InChI=1S/C22H21F3N6O4/c23-22(24,25)13-1-4-15(5-2-13)31-9-10-34-18(21(31)33)17(30-35-27)20(32)29-14-3-6-16-12(11-14)7-8-28-19(16)26/h1-8,11,17-18,30H,9-10,27H2,(H2,26,28)(H,29,32)/t17-,18-/m1/s1. The van der Waals surface area contributed by atoms with Gasteiger partial charge >= 0.3 is 6.18 Å². The Balaban J connectivity index is 1.53. The third kappa shape index (κ3) is 5.17. The molecule has 1 saturated heterocycles. The van der Waals surface area contributed by atoms with Crippen molar-refractivity contribution in [2.75, 3.05) is 29.1 Å². The summed E-state index contributed by atoms with van der Waals surface area (Å²) in [6, 6.07) is 9.42. The molecule has 1 aromatic heterocycles. The number of anilines is 3. The van der Waals surface area contributed by atoms with Crippen LogP contribution < -0.4 is 27.3 Å². The van der Waals surface area contributed by atoms with Crippen molar-refractivity contribution in [1.82, 2.24) is 10.5 Å². The second-order valence-corrected chi connectivity index (χ2v) is 7.66. The molecule has 2 atom stereocenters. The molecule has 0 aliphatic carbocycles. The van der Waals surface area contributed by atoms with Crippen LogP contribution in [-0.4, -0.2) is 42.1 Å². The summed E-state index contributed by atoms with van der Waals surface area (Å²) >= 11 is 0. The first-order valence-electron chi connectivity index (χ1n) is 10.4. The van der Waals surface area contributed by atoms with E-state index in [0.29, 0.717) is 16.9 Å². The number of hydrogen-bond donors (Lipinski definition) is 4. The maximum absolute atomic E-state index is 13.1. The molecule has 1 aliphatic rings. The van der Waals surface area contributed by atoms with Crippen LogP contribution in [0.2, 0.25) is 0 Å². The highest BCUT2D eigenvalue weighted by Gasteiger charge is 2.41. The smallest absolute Gasteiger partial charge is 0.383 e. The van der Waals surface area contributed by atoms with Crippen LogP contribution in [0.4, 0.5) is 30.4 Å². The van der Waals surface area contributed by atoms with Crippen molar-refractivity contribution in [3.05, 3.63) is 60.3 Å². The second-order valence-electron chi connectivity index (χ2n) is 7.66. The Morgan fingerprint density at radius 3 is 2.63 bits per heavy atom. The third-order valence-electron chi connectivity index (χ3n) is 5.47. The van der Waals surface area contributed by atoms with Gasteiger partial charge in [0.15, 0.2) is 6.10 Å². The number of pyridine rings is 1. The van der Waals surface area contributed by atoms with Crippen LogP contribution in [0.3, 0.4) is 0 Å². The molecule has 184 valence electrons. The largest absolute Gasteiger partial charge is 0.416 e. The molecule has 3 aromatic rings. The zero-order chi connectivity index (χ0) is 25.2. The molecule has 1 aliphatic heterocycles. The first-order chi connectivity index (χ1) is 16.7. The zero-order valence-electron chi connectivity index (χ0n) is 18.1. The van der Waals surface area contributed by atoms with E-state index in [2.05, 4.69) is 20.7 Å². The van der Waals surface area contributed by atoms with Crippen molar-refractivity contribution in [3.8, 4) is 0 Å². The Labute approximate surface area is 196 Å². The minimum absolute atomic E-state index is 0.0235. The van der Waals surface area contributed by atoms with Gasteiger partial charge in [0, 0.05) is 29.5 Å². The number of amides is 2. The van der Waals surface area contributed by atoms with E-state index in [1.165, 1.54) is 23.2 Å². The fourth-order valence-corrected chi connectivity index (χ4v) is 3.76. The van der Waals surface area contributed by atoms with Gasteiger partial charge in [0.1, 0.15) is 11.9 Å². The Morgan fingerprint density at radius 2 is 1.94 bits per heavy atom. The van der Waals surface area contributed by atoms with Gasteiger partial charge in [-0.3, -0.25) is 9.59 Å². The van der Waals surface area contributed by atoms with Crippen molar-refractivity contribution >= 4 is 39.8 Å². The minimum Gasteiger partial charge on any atom is -0.383 e. The van der Waals surface area contributed by atoms with Gasteiger partial charge in [-0.05, 0) is 53.9 Å². The molecule has 0 unspecified atom stereocenters. The lowest BCUT2D eigenvalue weighted by Crippen LogP contribution is -2.60. The lowest BCUT2D eigenvalue weighted by molar-refractivity contribution is -0.147. The summed E-state index contributed by atoms with van der Waals surface area (Å²) in [5, 5.41) is 4.09. The summed E-state index contributed by atoms with van der Waals surface area (Å²) in [4.78, 5) is 35.8. The molecule has 13 heteroatoms. The normalized spacial score (nSPS) is 17.4. The Bertz CT molecular complexity index is 1240. The number of rotatable bonds is 6. The van der Waals surface area contributed by atoms with E-state index in [0.717, 1.165) is 17.5 Å². The van der Waals surface area contributed by atoms with Gasteiger partial charge in [-0.25, -0.2) is 9.92 Å². The Hall–Kier alpha value is -3.78. The fourth-order valence-electron chi connectivity index (χ4n) is 3.76. The average molecular weight is 490 g/mol. The van der Waals surface area contributed by atoms with Crippen LogP contribution in [0, 0.1) is 0 Å². The van der Waals surface area contributed by atoms with Gasteiger partial charge in [0.2, 0.25) is 5.91 Å². The minimum atomic E-state index is -4.51.